The lowest BCUT2D eigenvalue weighted by Crippen LogP contribution is -2.22. The average molecular weight is 295 g/mol. The van der Waals surface area contributed by atoms with Gasteiger partial charge in [-0.2, -0.15) is 13.2 Å². The molecular weight excluding hydrogens is 279 g/mol. The molecule has 0 saturated heterocycles. The quantitative estimate of drug-likeness (QED) is 0.919. The van der Waals surface area contributed by atoms with Gasteiger partial charge >= 0.3 is 6.18 Å². The zero-order chi connectivity index (χ0) is 15.3. The molecule has 0 aliphatic heterocycles. The van der Waals surface area contributed by atoms with E-state index in [1.54, 1.807) is 13.2 Å². The molecule has 3 nitrogen and oxygen atoms in total. The number of aromatic nitrogens is 2. The van der Waals surface area contributed by atoms with Gasteiger partial charge in [0.2, 0.25) is 0 Å². The van der Waals surface area contributed by atoms with Crippen molar-refractivity contribution in [3.05, 3.63) is 59.7 Å². The standard InChI is InChI=1S/C15H16F3N3/c1-19-14(6-5-11-4-2-3-8-21-11)12-10-20-9-7-13(12)15(16,17)18/h2-4,7-10,14,19H,5-6H2,1H3. The van der Waals surface area contributed by atoms with Crippen molar-refractivity contribution in [3.63, 3.8) is 0 Å². The molecule has 0 spiro atoms. The smallest absolute Gasteiger partial charge is 0.313 e. The Morgan fingerprint density at radius 3 is 2.62 bits per heavy atom. The summed E-state index contributed by atoms with van der Waals surface area (Å²) in [6.07, 6.45) is 0.855. The molecule has 0 fully saturated rings. The highest BCUT2D eigenvalue weighted by molar-refractivity contribution is 5.29. The Hall–Kier alpha value is -1.95. The fraction of sp³-hybridized carbons (Fsp3) is 0.333. The van der Waals surface area contributed by atoms with Crippen LogP contribution in [0.15, 0.2) is 42.9 Å². The molecule has 0 amide bonds. The number of aryl methyl sites for hydroxylation is 1. The number of nitrogens with one attached hydrogen (secondary N) is 1. The van der Waals surface area contributed by atoms with Crippen molar-refractivity contribution >= 4 is 0 Å². The molecule has 2 heterocycles. The SMILES string of the molecule is CNC(CCc1ccccn1)c1cnccc1C(F)(F)F. The number of hydrogen-bond donors (Lipinski definition) is 1. The number of hydrogen-bond acceptors (Lipinski definition) is 3. The van der Waals surface area contributed by atoms with E-state index in [2.05, 4.69) is 15.3 Å². The van der Waals surface area contributed by atoms with Gasteiger partial charge in [-0.15, -0.1) is 0 Å². The molecule has 0 saturated carbocycles. The lowest BCUT2D eigenvalue weighted by Gasteiger charge is -2.20. The molecule has 2 rings (SSSR count). The van der Waals surface area contributed by atoms with Crippen molar-refractivity contribution < 1.29 is 13.2 Å². The van der Waals surface area contributed by atoms with Crippen molar-refractivity contribution in [1.82, 2.24) is 15.3 Å². The van der Waals surface area contributed by atoms with Crippen LogP contribution in [0.3, 0.4) is 0 Å². The van der Waals surface area contributed by atoms with E-state index in [1.165, 1.54) is 6.20 Å². The van der Waals surface area contributed by atoms with Crippen LogP contribution in [-0.2, 0) is 12.6 Å². The second-order valence-corrected chi connectivity index (χ2v) is 4.66. The van der Waals surface area contributed by atoms with E-state index in [9.17, 15) is 13.2 Å². The van der Waals surface area contributed by atoms with E-state index in [4.69, 9.17) is 0 Å². The maximum Gasteiger partial charge on any atom is 0.416 e. The number of halogens is 3. The van der Waals surface area contributed by atoms with Gasteiger partial charge < -0.3 is 5.32 Å². The Morgan fingerprint density at radius 2 is 2.00 bits per heavy atom. The summed E-state index contributed by atoms with van der Waals surface area (Å²) in [6.45, 7) is 0. The van der Waals surface area contributed by atoms with Gasteiger partial charge in [-0.05, 0) is 43.7 Å². The van der Waals surface area contributed by atoms with Gasteiger partial charge in [-0.3, -0.25) is 9.97 Å². The average Bonchev–Trinajstić information content (AvgIpc) is 2.48. The van der Waals surface area contributed by atoms with Crippen LogP contribution < -0.4 is 5.32 Å². The molecule has 0 bridgehead atoms. The minimum Gasteiger partial charge on any atom is -0.313 e. The third-order valence-corrected chi connectivity index (χ3v) is 3.30. The Balaban J connectivity index is 2.18. The van der Waals surface area contributed by atoms with Crippen LogP contribution in [0.25, 0.3) is 0 Å². The molecular formula is C15H16F3N3. The van der Waals surface area contributed by atoms with Crippen molar-refractivity contribution in [1.29, 1.82) is 0 Å². The van der Waals surface area contributed by atoms with E-state index >= 15 is 0 Å². The van der Waals surface area contributed by atoms with Gasteiger partial charge in [-0.25, -0.2) is 0 Å². The third-order valence-electron chi connectivity index (χ3n) is 3.30. The lowest BCUT2D eigenvalue weighted by atomic mass is 9.97. The van der Waals surface area contributed by atoms with E-state index in [-0.39, 0.29) is 5.56 Å². The molecule has 2 aromatic heterocycles. The molecule has 0 aliphatic rings. The summed E-state index contributed by atoms with van der Waals surface area (Å²) in [7, 11) is 1.65. The van der Waals surface area contributed by atoms with E-state index in [0.717, 1.165) is 18.0 Å². The predicted octanol–water partition coefficient (Wildman–Crippen LogP) is 3.39. The molecule has 1 unspecified atom stereocenters. The molecule has 21 heavy (non-hydrogen) atoms. The van der Waals surface area contributed by atoms with Crippen LogP contribution in [0.1, 0.15) is 29.3 Å². The first-order valence-corrected chi connectivity index (χ1v) is 6.60. The summed E-state index contributed by atoms with van der Waals surface area (Å²) < 4.78 is 39.1. The zero-order valence-corrected chi connectivity index (χ0v) is 11.6. The summed E-state index contributed by atoms with van der Waals surface area (Å²) >= 11 is 0. The summed E-state index contributed by atoms with van der Waals surface area (Å²) in [6, 6.07) is 6.13. The topological polar surface area (TPSA) is 37.8 Å². The second-order valence-electron chi connectivity index (χ2n) is 4.66. The molecule has 1 N–H and O–H groups in total. The number of pyridine rings is 2. The van der Waals surface area contributed by atoms with E-state index in [0.29, 0.717) is 12.8 Å². The summed E-state index contributed by atoms with van der Waals surface area (Å²) in [5.74, 6) is 0. The number of nitrogens with zero attached hydrogens (tertiary/aromatic N) is 2. The minimum atomic E-state index is -4.38. The molecule has 0 aliphatic carbocycles. The first-order chi connectivity index (χ1) is 10.0. The summed E-state index contributed by atoms with van der Waals surface area (Å²) in [5.41, 5.74) is 0.386. The van der Waals surface area contributed by atoms with Crippen molar-refractivity contribution in [2.75, 3.05) is 7.05 Å². The second kappa shape index (κ2) is 6.67. The molecule has 1 atom stereocenters. The highest BCUT2D eigenvalue weighted by Gasteiger charge is 2.34. The largest absolute Gasteiger partial charge is 0.416 e. The molecule has 0 radical (unpaired) electrons. The maximum atomic E-state index is 13.0. The Morgan fingerprint density at radius 1 is 1.19 bits per heavy atom. The first-order valence-electron chi connectivity index (χ1n) is 6.60. The van der Waals surface area contributed by atoms with Crippen molar-refractivity contribution in [3.8, 4) is 0 Å². The summed E-state index contributed by atoms with van der Waals surface area (Å²) in [4.78, 5) is 8.01. The number of rotatable bonds is 5. The monoisotopic (exact) mass is 295 g/mol. The van der Waals surface area contributed by atoms with Crippen molar-refractivity contribution in [2.24, 2.45) is 0 Å². The third kappa shape index (κ3) is 4.01. The molecule has 6 heteroatoms. The Kier molecular flexibility index (Phi) is 4.90. The molecule has 0 aromatic carbocycles. The van der Waals surface area contributed by atoms with E-state index in [1.807, 2.05) is 18.2 Å². The molecule has 2 aromatic rings. The van der Waals surface area contributed by atoms with Gasteiger partial charge in [-0.1, -0.05) is 6.07 Å². The van der Waals surface area contributed by atoms with Gasteiger partial charge in [0.05, 0.1) is 5.56 Å². The molecule has 112 valence electrons. The van der Waals surface area contributed by atoms with Gasteiger partial charge in [0.1, 0.15) is 0 Å². The fourth-order valence-corrected chi connectivity index (χ4v) is 2.24. The highest BCUT2D eigenvalue weighted by Crippen LogP contribution is 2.35. The highest BCUT2D eigenvalue weighted by atomic mass is 19.4. The van der Waals surface area contributed by atoms with Crippen LogP contribution in [0.5, 0.6) is 0 Å². The lowest BCUT2D eigenvalue weighted by molar-refractivity contribution is -0.138. The van der Waals surface area contributed by atoms with E-state index < -0.39 is 17.8 Å². The van der Waals surface area contributed by atoms with Crippen LogP contribution in [0.4, 0.5) is 13.2 Å². The Labute approximate surface area is 121 Å². The fourth-order valence-electron chi connectivity index (χ4n) is 2.24. The predicted molar refractivity (Wildman–Crippen MR) is 73.6 cm³/mol. The normalized spacial score (nSPS) is 13.1. The maximum absolute atomic E-state index is 13.0. The van der Waals surface area contributed by atoms with Crippen molar-refractivity contribution in [2.45, 2.75) is 25.1 Å². The van der Waals surface area contributed by atoms with Gasteiger partial charge in [0.25, 0.3) is 0 Å². The Bertz CT molecular complexity index is 570. The van der Waals surface area contributed by atoms with Crippen LogP contribution in [0.2, 0.25) is 0 Å². The van der Waals surface area contributed by atoms with Crippen LogP contribution >= 0.6 is 0 Å². The first kappa shape index (κ1) is 15.4. The van der Waals surface area contributed by atoms with Crippen LogP contribution in [0, 0.1) is 0 Å². The van der Waals surface area contributed by atoms with Gasteiger partial charge in [0, 0.05) is 30.3 Å². The minimum absolute atomic E-state index is 0.170. The summed E-state index contributed by atoms with van der Waals surface area (Å²) in [5, 5.41) is 2.93. The van der Waals surface area contributed by atoms with Crippen LogP contribution in [-0.4, -0.2) is 17.0 Å². The zero-order valence-electron chi connectivity index (χ0n) is 11.6. The number of alkyl halides is 3. The van der Waals surface area contributed by atoms with Gasteiger partial charge in [0.15, 0.2) is 0 Å².